The summed E-state index contributed by atoms with van der Waals surface area (Å²) in [5.74, 6) is 0.647. The van der Waals surface area contributed by atoms with Crippen molar-refractivity contribution in [3.63, 3.8) is 0 Å². The number of nitrogens with zero attached hydrogens (tertiary/aromatic N) is 2. The molecule has 4 heteroatoms. The monoisotopic (exact) mass is 285 g/mol. The highest BCUT2D eigenvalue weighted by Gasteiger charge is 2.24. The number of benzene rings is 1. The molecule has 1 unspecified atom stereocenters. The number of aliphatic hydroxyl groups is 1. The van der Waals surface area contributed by atoms with E-state index in [4.69, 9.17) is 5.11 Å². The summed E-state index contributed by atoms with van der Waals surface area (Å²) in [6.07, 6.45) is 1.19. The molecule has 21 heavy (non-hydrogen) atoms. The summed E-state index contributed by atoms with van der Waals surface area (Å²) in [7, 11) is 0. The molecule has 1 aromatic carbocycles. The predicted octanol–water partition coefficient (Wildman–Crippen LogP) is 1.92. The van der Waals surface area contributed by atoms with Gasteiger partial charge in [-0.25, -0.2) is 0 Å². The standard InChI is InChI=1S/C17H23N3O/c1-12-17(13(2)20(19-12)7-8-21)11-18-10-15-9-14-5-3-4-6-16(14)15/h3-6,15,18,21H,7-11H2,1-2H3. The van der Waals surface area contributed by atoms with Gasteiger partial charge in [-0.1, -0.05) is 24.3 Å². The zero-order chi connectivity index (χ0) is 14.8. The van der Waals surface area contributed by atoms with Crippen LogP contribution in [0.25, 0.3) is 0 Å². The first-order valence-corrected chi connectivity index (χ1v) is 7.63. The van der Waals surface area contributed by atoms with Crippen LogP contribution < -0.4 is 5.32 Å². The van der Waals surface area contributed by atoms with Crippen LogP contribution in [-0.4, -0.2) is 28.0 Å². The van der Waals surface area contributed by atoms with E-state index in [0.717, 1.165) is 24.5 Å². The lowest BCUT2D eigenvalue weighted by atomic mass is 9.77. The highest BCUT2D eigenvalue weighted by molar-refractivity contribution is 5.40. The van der Waals surface area contributed by atoms with Crippen molar-refractivity contribution in [3.8, 4) is 0 Å². The summed E-state index contributed by atoms with van der Waals surface area (Å²) in [6.45, 7) is 6.68. The summed E-state index contributed by atoms with van der Waals surface area (Å²) in [6, 6.07) is 8.70. The second kappa shape index (κ2) is 6.00. The van der Waals surface area contributed by atoms with E-state index in [-0.39, 0.29) is 6.61 Å². The number of rotatable bonds is 6. The van der Waals surface area contributed by atoms with Crippen molar-refractivity contribution in [1.29, 1.82) is 0 Å². The lowest BCUT2D eigenvalue weighted by Gasteiger charge is -2.30. The van der Waals surface area contributed by atoms with Gasteiger partial charge in [-0.3, -0.25) is 4.68 Å². The minimum absolute atomic E-state index is 0.133. The van der Waals surface area contributed by atoms with Crippen LogP contribution in [0.15, 0.2) is 24.3 Å². The quantitative estimate of drug-likeness (QED) is 0.852. The number of aromatic nitrogens is 2. The van der Waals surface area contributed by atoms with Crippen molar-refractivity contribution in [2.45, 2.75) is 39.3 Å². The fraction of sp³-hybridized carbons (Fsp3) is 0.471. The third-order valence-corrected chi connectivity index (χ3v) is 4.50. The molecular weight excluding hydrogens is 262 g/mol. The first-order valence-electron chi connectivity index (χ1n) is 7.63. The summed E-state index contributed by atoms with van der Waals surface area (Å²) in [5.41, 5.74) is 6.46. The molecule has 3 rings (SSSR count). The van der Waals surface area contributed by atoms with Crippen LogP contribution >= 0.6 is 0 Å². The molecule has 0 aliphatic heterocycles. The van der Waals surface area contributed by atoms with Gasteiger partial charge in [-0.15, -0.1) is 0 Å². The minimum Gasteiger partial charge on any atom is -0.394 e. The van der Waals surface area contributed by atoms with Crippen LogP contribution in [0.5, 0.6) is 0 Å². The summed E-state index contributed by atoms with van der Waals surface area (Å²) >= 11 is 0. The normalized spacial score (nSPS) is 16.6. The van der Waals surface area contributed by atoms with E-state index in [1.54, 1.807) is 0 Å². The molecule has 0 radical (unpaired) electrons. The first kappa shape index (κ1) is 14.3. The summed E-state index contributed by atoms with van der Waals surface area (Å²) in [5, 5.41) is 17.1. The second-order valence-corrected chi connectivity index (χ2v) is 5.83. The molecule has 0 saturated heterocycles. The molecule has 2 N–H and O–H groups in total. The number of aliphatic hydroxyl groups excluding tert-OH is 1. The van der Waals surface area contributed by atoms with Crippen molar-refractivity contribution in [1.82, 2.24) is 15.1 Å². The Balaban J connectivity index is 1.57. The van der Waals surface area contributed by atoms with Crippen LogP contribution in [0, 0.1) is 13.8 Å². The van der Waals surface area contributed by atoms with E-state index in [1.165, 1.54) is 23.1 Å². The van der Waals surface area contributed by atoms with Crippen LogP contribution in [-0.2, 0) is 19.5 Å². The lowest BCUT2D eigenvalue weighted by Crippen LogP contribution is -2.29. The maximum absolute atomic E-state index is 9.05. The van der Waals surface area contributed by atoms with Gasteiger partial charge >= 0.3 is 0 Å². The number of fused-ring (bicyclic) bond motifs is 1. The van der Waals surface area contributed by atoms with E-state index in [0.29, 0.717) is 12.5 Å². The van der Waals surface area contributed by atoms with Crippen LogP contribution in [0.3, 0.4) is 0 Å². The third-order valence-electron chi connectivity index (χ3n) is 4.50. The Labute approximate surface area is 125 Å². The SMILES string of the molecule is Cc1nn(CCO)c(C)c1CNCC1Cc2ccccc21. The van der Waals surface area contributed by atoms with E-state index >= 15 is 0 Å². The van der Waals surface area contributed by atoms with Gasteiger partial charge in [-0.05, 0) is 31.4 Å². The van der Waals surface area contributed by atoms with Crippen molar-refractivity contribution >= 4 is 0 Å². The number of nitrogens with one attached hydrogen (secondary N) is 1. The Kier molecular flexibility index (Phi) is 4.08. The van der Waals surface area contributed by atoms with E-state index < -0.39 is 0 Å². The van der Waals surface area contributed by atoms with Crippen LogP contribution in [0.1, 0.15) is 34.0 Å². The molecule has 0 spiro atoms. The maximum atomic E-state index is 9.05. The molecule has 1 aliphatic carbocycles. The van der Waals surface area contributed by atoms with Gasteiger partial charge in [0, 0.05) is 30.3 Å². The van der Waals surface area contributed by atoms with Crippen molar-refractivity contribution < 1.29 is 5.11 Å². The van der Waals surface area contributed by atoms with E-state index in [9.17, 15) is 0 Å². The topological polar surface area (TPSA) is 50.1 Å². The van der Waals surface area contributed by atoms with Gasteiger partial charge in [0.1, 0.15) is 0 Å². The minimum atomic E-state index is 0.133. The average molecular weight is 285 g/mol. The zero-order valence-corrected chi connectivity index (χ0v) is 12.8. The molecule has 1 aromatic heterocycles. The van der Waals surface area contributed by atoms with Gasteiger partial charge < -0.3 is 10.4 Å². The molecule has 1 aliphatic rings. The largest absolute Gasteiger partial charge is 0.394 e. The molecule has 0 fully saturated rings. The highest BCUT2D eigenvalue weighted by atomic mass is 16.3. The molecule has 2 aromatic rings. The fourth-order valence-electron chi connectivity index (χ4n) is 3.22. The van der Waals surface area contributed by atoms with Gasteiger partial charge in [0.25, 0.3) is 0 Å². The van der Waals surface area contributed by atoms with Crippen LogP contribution in [0.2, 0.25) is 0 Å². The van der Waals surface area contributed by atoms with Gasteiger partial charge in [0.15, 0.2) is 0 Å². The lowest BCUT2D eigenvalue weighted by molar-refractivity contribution is 0.267. The Hall–Kier alpha value is -1.65. The maximum Gasteiger partial charge on any atom is 0.0644 e. The van der Waals surface area contributed by atoms with Crippen molar-refractivity contribution in [2.75, 3.05) is 13.2 Å². The van der Waals surface area contributed by atoms with Gasteiger partial charge in [0.2, 0.25) is 0 Å². The van der Waals surface area contributed by atoms with Crippen molar-refractivity contribution in [3.05, 3.63) is 52.3 Å². The summed E-state index contributed by atoms with van der Waals surface area (Å²) < 4.78 is 1.89. The van der Waals surface area contributed by atoms with Gasteiger partial charge in [0.05, 0.1) is 18.8 Å². The number of aryl methyl sites for hydroxylation is 1. The fourth-order valence-corrected chi connectivity index (χ4v) is 3.22. The summed E-state index contributed by atoms with van der Waals surface area (Å²) in [4.78, 5) is 0. The average Bonchev–Trinajstić information content (AvgIpc) is 2.71. The van der Waals surface area contributed by atoms with Crippen molar-refractivity contribution in [2.24, 2.45) is 0 Å². The molecule has 1 heterocycles. The third kappa shape index (κ3) is 2.74. The number of hydrogen-bond donors (Lipinski definition) is 2. The molecule has 0 amide bonds. The molecule has 1 atom stereocenters. The van der Waals surface area contributed by atoms with E-state index in [1.807, 2.05) is 11.6 Å². The van der Waals surface area contributed by atoms with Crippen LogP contribution in [0.4, 0.5) is 0 Å². The Morgan fingerprint density at radius 1 is 1.33 bits per heavy atom. The smallest absolute Gasteiger partial charge is 0.0644 e. The Bertz CT molecular complexity index is 633. The molecule has 112 valence electrons. The van der Waals surface area contributed by atoms with Gasteiger partial charge in [-0.2, -0.15) is 5.10 Å². The second-order valence-electron chi connectivity index (χ2n) is 5.83. The molecule has 4 nitrogen and oxygen atoms in total. The molecule has 0 bridgehead atoms. The zero-order valence-electron chi connectivity index (χ0n) is 12.8. The Morgan fingerprint density at radius 2 is 2.14 bits per heavy atom. The first-order chi connectivity index (χ1) is 10.2. The number of hydrogen-bond acceptors (Lipinski definition) is 3. The Morgan fingerprint density at radius 3 is 2.90 bits per heavy atom. The molecule has 0 saturated carbocycles. The van der Waals surface area contributed by atoms with E-state index in [2.05, 4.69) is 41.6 Å². The highest BCUT2D eigenvalue weighted by Crippen LogP contribution is 2.34. The predicted molar refractivity (Wildman–Crippen MR) is 83.4 cm³/mol. The molecular formula is C17H23N3O.